The van der Waals surface area contributed by atoms with Crippen LogP contribution in [0.25, 0.3) is 0 Å². The van der Waals surface area contributed by atoms with Gasteiger partial charge >= 0.3 is 0 Å². The third-order valence-corrected chi connectivity index (χ3v) is 4.87. The molecule has 0 spiro atoms. The molecule has 0 aliphatic rings. The van der Waals surface area contributed by atoms with Crippen molar-refractivity contribution in [2.24, 2.45) is 0 Å². The lowest BCUT2D eigenvalue weighted by molar-refractivity contribution is -0.121. The summed E-state index contributed by atoms with van der Waals surface area (Å²) in [5.74, 6) is -0.0884. The van der Waals surface area contributed by atoms with Gasteiger partial charge in [0, 0.05) is 18.9 Å². The molecule has 0 fully saturated rings. The average Bonchev–Trinajstić information content (AvgIpc) is 2.69. The molecule has 4 nitrogen and oxygen atoms in total. The lowest BCUT2D eigenvalue weighted by atomic mass is 10.0. The fourth-order valence-corrected chi connectivity index (χ4v) is 3.22. The lowest BCUT2D eigenvalue weighted by Crippen LogP contribution is -2.34. The number of carbonyl (C=O) groups excluding carboxylic acids is 1. The SMILES string of the molecule is Cc1ccc(C(Nc2ccc(C)cc2Cl)C(=O)NCCc2ccncc2)cc1. The van der Waals surface area contributed by atoms with Crippen LogP contribution in [0.2, 0.25) is 5.02 Å². The molecule has 144 valence electrons. The molecule has 1 atom stereocenters. The van der Waals surface area contributed by atoms with Gasteiger partial charge in [0.1, 0.15) is 6.04 Å². The van der Waals surface area contributed by atoms with Gasteiger partial charge in [-0.1, -0.05) is 47.5 Å². The van der Waals surface area contributed by atoms with Crippen LogP contribution in [-0.4, -0.2) is 17.4 Å². The molecule has 0 saturated carbocycles. The van der Waals surface area contributed by atoms with E-state index in [2.05, 4.69) is 15.6 Å². The Balaban J connectivity index is 1.75. The highest BCUT2D eigenvalue weighted by atomic mass is 35.5. The van der Waals surface area contributed by atoms with Crippen LogP contribution in [0.15, 0.2) is 67.0 Å². The number of benzene rings is 2. The number of aryl methyl sites for hydroxylation is 2. The summed E-state index contributed by atoms with van der Waals surface area (Å²) in [5.41, 5.74) is 4.99. The quantitative estimate of drug-likeness (QED) is 0.602. The van der Waals surface area contributed by atoms with Crippen molar-refractivity contribution in [2.75, 3.05) is 11.9 Å². The molecule has 1 unspecified atom stereocenters. The maximum atomic E-state index is 13.0. The Morgan fingerprint density at radius 2 is 1.68 bits per heavy atom. The molecular weight excluding hydrogens is 370 g/mol. The summed E-state index contributed by atoms with van der Waals surface area (Å²) < 4.78 is 0. The number of hydrogen-bond donors (Lipinski definition) is 2. The minimum absolute atomic E-state index is 0.0884. The van der Waals surface area contributed by atoms with Crippen molar-refractivity contribution in [3.63, 3.8) is 0 Å². The lowest BCUT2D eigenvalue weighted by Gasteiger charge is -2.21. The van der Waals surface area contributed by atoms with E-state index < -0.39 is 6.04 Å². The van der Waals surface area contributed by atoms with Gasteiger partial charge < -0.3 is 10.6 Å². The number of halogens is 1. The highest BCUT2D eigenvalue weighted by Gasteiger charge is 2.21. The Kier molecular flexibility index (Phi) is 6.66. The summed E-state index contributed by atoms with van der Waals surface area (Å²) in [4.78, 5) is 17.0. The fraction of sp³-hybridized carbons (Fsp3) is 0.217. The number of amides is 1. The molecule has 0 bridgehead atoms. The molecule has 2 N–H and O–H groups in total. The first-order valence-corrected chi connectivity index (χ1v) is 9.66. The molecule has 28 heavy (non-hydrogen) atoms. The van der Waals surface area contributed by atoms with Crippen molar-refractivity contribution in [2.45, 2.75) is 26.3 Å². The first-order chi connectivity index (χ1) is 13.5. The molecule has 0 aliphatic carbocycles. The second-order valence-corrected chi connectivity index (χ2v) is 7.28. The molecule has 0 radical (unpaired) electrons. The van der Waals surface area contributed by atoms with E-state index in [4.69, 9.17) is 11.6 Å². The van der Waals surface area contributed by atoms with E-state index in [1.807, 2.05) is 68.4 Å². The molecular formula is C23H24ClN3O. The van der Waals surface area contributed by atoms with Crippen molar-refractivity contribution >= 4 is 23.2 Å². The van der Waals surface area contributed by atoms with Crippen LogP contribution in [0.5, 0.6) is 0 Å². The second kappa shape index (κ2) is 9.38. The molecule has 1 amide bonds. The zero-order valence-electron chi connectivity index (χ0n) is 16.1. The Labute approximate surface area is 171 Å². The summed E-state index contributed by atoms with van der Waals surface area (Å²) in [5, 5.41) is 6.93. The second-order valence-electron chi connectivity index (χ2n) is 6.87. The van der Waals surface area contributed by atoms with Crippen LogP contribution in [0.1, 0.15) is 28.3 Å². The third-order valence-electron chi connectivity index (χ3n) is 4.56. The van der Waals surface area contributed by atoms with E-state index in [0.717, 1.165) is 34.4 Å². The van der Waals surface area contributed by atoms with Crippen molar-refractivity contribution < 1.29 is 4.79 Å². The van der Waals surface area contributed by atoms with Gasteiger partial charge in [0.2, 0.25) is 5.91 Å². The number of carbonyl (C=O) groups is 1. The first-order valence-electron chi connectivity index (χ1n) is 9.29. The van der Waals surface area contributed by atoms with Gasteiger partial charge in [0.15, 0.2) is 0 Å². The van der Waals surface area contributed by atoms with Crippen LogP contribution < -0.4 is 10.6 Å². The summed E-state index contributed by atoms with van der Waals surface area (Å²) in [6.07, 6.45) is 4.26. The smallest absolute Gasteiger partial charge is 0.247 e. The highest BCUT2D eigenvalue weighted by molar-refractivity contribution is 6.33. The van der Waals surface area contributed by atoms with Gasteiger partial charge in [-0.05, 0) is 61.2 Å². The summed E-state index contributed by atoms with van der Waals surface area (Å²) in [6.45, 7) is 4.56. The minimum Gasteiger partial charge on any atom is -0.369 e. The van der Waals surface area contributed by atoms with E-state index in [1.54, 1.807) is 12.4 Å². The van der Waals surface area contributed by atoms with Gasteiger partial charge in [-0.2, -0.15) is 0 Å². The van der Waals surface area contributed by atoms with Crippen molar-refractivity contribution in [1.29, 1.82) is 0 Å². The predicted molar refractivity (Wildman–Crippen MR) is 115 cm³/mol. The van der Waals surface area contributed by atoms with Crippen LogP contribution in [0.4, 0.5) is 5.69 Å². The fourth-order valence-electron chi connectivity index (χ4n) is 2.93. The summed E-state index contributed by atoms with van der Waals surface area (Å²) in [7, 11) is 0. The summed E-state index contributed by atoms with van der Waals surface area (Å²) in [6, 6.07) is 17.1. The Morgan fingerprint density at radius 3 is 2.36 bits per heavy atom. The minimum atomic E-state index is -0.529. The van der Waals surface area contributed by atoms with E-state index in [0.29, 0.717) is 11.6 Å². The molecule has 2 aromatic carbocycles. The van der Waals surface area contributed by atoms with E-state index >= 15 is 0 Å². The standard InChI is InChI=1S/C23H24ClN3O/c1-16-3-6-19(7-4-16)22(27-21-8-5-17(2)15-20(21)24)23(28)26-14-11-18-9-12-25-13-10-18/h3-10,12-13,15,22,27H,11,14H2,1-2H3,(H,26,28). The Bertz CT molecular complexity index is 926. The topological polar surface area (TPSA) is 54.0 Å². The Hall–Kier alpha value is -2.85. The number of hydrogen-bond acceptors (Lipinski definition) is 3. The number of nitrogens with one attached hydrogen (secondary N) is 2. The van der Waals surface area contributed by atoms with Crippen LogP contribution in [-0.2, 0) is 11.2 Å². The van der Waals surface area contributed by atoms with Gasteiger partial charge in [-0.15, -0.1) is 0 Å². The van der Waals surface area contributed by atoms with Gasteiger partial charge in [-0.25, -0.2) is 0 Å². The molecule has 1 heterocycles. The number of anilines is 1. The predicted octanol–water partition coefficient (Wildman–Crippen LogP) is 4.86. The van der Waals surface area contributed by atoms with Gasteiger partial charge in [0.25, 0.3) is 0 Å². The third kappa shape index (κ3) is 5.33. The maximum absolute atomic E-state index is 13.0. The zero-order chi connectivity index (χ0) is 19.9. The summed E-state index contributed by atoms with van der Waals surface area (Å²) >= 11 is 6.38. The van der Waals surface area contributed by atoms with E-state index in [9.17, 15) is 4.79 Å². The first kappa shape index (κ1) is 19.9. The van der Waals surface area contributed by atoms with Gasteiger partial charge in [0.05, 0.1) is 10.7 Å². The van der Waals surface area contributed by atoms with Crippen molar-refractivity contribution in [3.8, 4) is 0 Å². The maximum Gasteiger partial charge on any atom is 0.247 e. The largest absolute Gasteiger partial charge is 0.369 e. The van der Waals surface area contributed by atoms with Crippen molar-refractivity contribution in [1.82, 2.24) is 10.3 Å². The van der Waals surface area contributed by atoms with Crippen LogP contribution >= 0.6 is 11.6 Å². The zero-order valence-corrected chi connectivity index (χ0v) is 16.8. The molecule has 3 aromatic rings. The molecule has 0 aliphatic heterocycles. The molecule has 1 aromatic heterocycles. The number of rotatable bonds is 7. The normalized spacial score (nSPS) is 11.7. The van der Waals surface area contributed by atoms with Gasteiger partial charge in [-0.3, -0.25) is 9.78 Å². The molecule has 0 saturated heterocycles. The highest BCUT2D eigenvalue weighted by Crippen LogP contribution is 2.27. The number of aromatic nitrogens is 1. The van der Waals surface area contributed by atoms with Crippen LogP contribution in [0.3, 0.4) is 0 Å². The van der Waals surface area contributed by atoms with Crippen molar-refractivity contribution in [3.05, 3.63) is 94.3 Å². The van der Waals surface area contributed by atoms with Crippen LogP contribution in [0, 0.1) is 13.8 Å². The number of pyridine rings is 1. The Morgan fingerprint density at radius 1 is 1.00 bits per heavy atom. The average molecular weight is 394 g/mol. The van der Waals surface area contributed by atoms with E-state index in [1.165, 1.54) is 0 Å². The molecule has 3 rings (SSSR count). The number of nitrogens with zero attached hydrogens (tertiary/aromatic N) is 1. The molecule has 5 heteroatoms. The van der Waals surface area contributed by atoms with E-state index in [-0.39, 0.29) is 5.91 Å². The monoisotopic (exact) mass is 393 g/mol.